The van der Waals surface area contributed by atoms with Crippen LogP contribution in [-0.2, 0) is 16.8 Å². The van der Waals surface area contributed by atoms with Crippen molar-refractivity contribution >= 4 is 22.7 Å². The largest absolute Gasteiger partial charge is 0.454 e. The Morgan fingerprint density at radius 1 is 1.24 bits per heavy atom. The number of alkyl halides is 2. The van der Waals surface area contributed by atoms with Gasteiger partial charge in [0.15, 0.2) is 5.82 Å². The summed E-state index contributed by atoms with van der Waals surface area (Å²) in [6, 6.07) is 10.4. The lowest BCUT2D eigenvalue weighted by Crippen LogP contribution is -2.15. The van der Waals surface area contributed by atoms with E-state index in [1.54, 1.807) is 18.2 Å². The molecule has 9 heteroatoms. The van der Waals surface area contributed by atoms with E-state index in [2.05, 4.69) is 4.98 Å². The Bertz CT molecular complexity index is 1090. The van der Waals surface area contributed by atoms with E-state index < -0.39 is 29.5 Å². The quantitative estimate of drug-likeness (QED) is 0.340. The van der Waals surface area contributed by atoms with Gasteiger partial charge in [0.1, 0.15) is 6.61 Å². The zero-order valence-corrected chi connectivity index (χ0v) is 16.1. The van der Waals surface area contributed by atoms with Crippen LogP contribution in [0.5, 0.6) is 0 Å². The van der Waals surface area contributed by atoms with Gasteiger partial charge >= 0.3 is 12.5 Å². The van der Waals surface area contributed by atoms with Crippen molar-refractivity contribution in [2.45, 2.75) is 39.3 Å². The predicted molar refractivity (Wildman–Crippen MR) is 102 cm³/mol. The van der Waals surface area contributed by atoms with Gasteiger partial charge in [-0.1, -0.05) is 39.0 Å². The van der Waals surface area contributed by atoms with E-state index in [4.69, 9.17) is 4.74 Å². The molecule has 0 aliphatic carbocycles. The van der Waals surface area contributed by atoms with Crippen LogP contribution in [-0.4, -0.2) is 20.4 Å². The second-order valence-corrected chi connectivity index (χ2v) is 7.48. The highest BCUT2D eigenvalue weighted by Crippen LogP contribution is 2.32. The van der Waals surface area contributed by atoms with Crippen LogP contribution in [0, 0.1) is 10.1 Å². The van der Waals surface area contributed by atoms with E-state index in [0.717, 1.165) is 6.07 Å². The van der Waals surface area contributed by atoms with Gasteiger partial charge < -0.3 is 4.74 Å². The Balaban J connectivity index is 1.87. The summed E-state index contributed by atoms with van der Waals surface area (Å²) in [6.45, 7) is 2.11. The van der Waals surface area contributed by atoms with Crippen molar-refractivity contribution in [2.24, 2.45) is 0 Å². The number of carbonyl (C=O) groups is 1. The maximum absolute atomic E-state index is 13.4. The van der Waals surface area contributed by atoms with Crippen molar-refractivity contribution in [3.63, 3.8) is 0 Å². The number of fused-ring (bicyclic) bond motifs is 1. The predicted octanol–water partition coefficient (Wildman–Crippen LogP) is 4.99. The van der Waals surface area contributed by atoms with Crippen LogP contribution < -0.4 is 0 Å². The first-order chi connectivity index (χ1) is 13.6. The van der Waals surface area contributed by atoms with E-state index in [1.807, 2.05) is 20.8 Å². The number of ether oxygens (including phenoxy) is 1. The molecule has 152 valence electrons. The number of nitrogens with zero attached hydrogens (tertiary/aromatic N) is 3. The van der Waals surface area contributed by atoms with Crippen molar-refractivity contribution in [2.75, 3.05) is 0 Å². The number of esters is 1. The molecule has 7 nitrogen and oxygen atoms in total. The van der Waals surface area contributed by atoms with E-state index in [0.29, 0.717) is 15.6 Å². The second kappa shape index (κ2) is 7.57. The molecule has 2 aromatic carbocycles. The molecule has 0 amide bonds. The summed E-state index contributed by atoms with van der Waals surface area (Å²) in [7, 11) is 0. The first-order valence-corrected chi connectivity index (χ1v) is 8.79. The molecule has 1 heterocycles. The molecule has 1 aromatic heterocycles. The zero-order valence-electron chi connectivity index (χ0n) is 16.1. The van der Waals surface area contributed by atoms with Gasteiger partial charge in [0.2, 0.25) is 0 Å². The molecule has 0 radical (unpaired) electrons. The maximum atomic E-state index is 13.4. The number of nitro groups is 1. The monoisotopic (exact) mass is 403 g/mol. The number of carbonyl (C=O) groups excluding carboxylic acids is 1. The molecule has 0 spiro atoms. The molecule has 0 atom stereocenters. The number of para-hydroxylation sites is 2. The smallest absolute Gasteiger partial charge is 0.338 e. The summed E-state index contributed by atoms with van der Waals surface area (Å²) in [4.78, 5) is 27.3. The highest BCUT2D eigenvalue weighted by atomic mass is 19.3. The zero-order chi connectivity index (χ0) is 21.3. The molecular weight excluding hydrogens is 384 g/mol. The Kier molecular flexibility index (Phi) is 5.32. The molecule has 3 rings (SSSR count). The second-order valence-electron chi connectivity index (χ2n) is 7.48. The Hall–Kier alpha value is -3.36. The van der Waals surface area contributed by atoms with Crippen LogP contribution in [0.2, 0.25) is 0 Å². The van der Waals surface area contributed by atoms with Crippen LogP contribution in [0.25, 0.3) is 11.0 Å². The van der Waals surface area contributed by atoms with Crippen molar-refractivity contribution < 1.29 is 23.2 Å². The molecule has 0 saturated heterocycles. The third kappa shape index (κ3) is 4.08. The van der Waals surface area contributed by atoms with Crippen molar-refractivity contribution in [3.05, 3.63) is 69.5 Å². The highest BCUT2D eigenvalue weighted by Gasteiger charge is 2.27. The topological polar surface area (TPSA) is 87.3 Å². The average molecular weight is 403 g/mol. The molecule has 29 heavy (non-hydrogen) atoms. The standard InChI is InChI=1S/C20H19F2N3O4/c1-20(2,3)13-9-8-12(10-16(13)25(27)28)18(26)29-11-17-23-14-6-4-5-7-15(14)24(17)19(21)22/h4-10,19H,11H2,1-3H3. The molecule has 0 aliphatic rings. The van der Waals surface area contributed by atoms with Crippen LogP contribution in [0.15, 0.2) is 42.5 Å². The minimum Gasteiger partial charge on any atom is -0.454 e. The number of hydrogen-bond donors (Lipinski definition) is 0. The molecule has 0 aliphatic heterocycles. The lowest BCUT2D eigenvalue weighted by atomic mass is 9.85. The highest BCUT2D eigenvalue weighted by molar-refractivity contribution is 5.90. The van der Waals surface area contributed by atoms with Crippen LogP contribution in [0.1, 0.15) is 49.1 Å². The van der Waals surface area contributed by atoms with Crippen molar-refractivity contribution in [1.82, 2.24) is 9.55 Å². The maximum Gasteiger partial charge on any atom is 0.338 e. The van der Waals surface area contributed by atoms with Gasteiger partial charge in [0.25, 0.3) is 5.69 Å². The summed E-state index contributed by atoms with van der Waals surface area (Å²) >= 11 is 0. The van der Waals surface area contributed by atoms with Gasteiger partial charge in [-0.05, 0) is 23.6 Å². The Morgan fingerprint density at radius 3 is 2.55 bits per heavy atom. The molecule has 0 unspecified atom stereocenters. The van der Waals surface area contributed by atoms with Gasteiger partial charge in [-0.25, -0.2) is 9.78 Å². The van der Waals surface area contributed by atoms with Crippen LogP contribution in [0.3, 0.4) is 0 Å². The fourth-order valence-electron chi connectivity index (χ4n) is 3.07. The molecule has 0 bridgehead atoms. The van der Waals surface area contributed by atoms with Crippen molar-refractivity contribution in [1.29, 1.82) is 0 Å². The molecule has 0 N–H and O–H groups in total. The summed E-state index contributed by atoms with van der Waals surface area (Å²) in [5, 5.41) is 11.4. The Morgan fingerprint density at radius 2 is 1.93 bits per heavy atom. The van der Waals surface area contributed by atoms with Gasteiger partial charge in [0.05, 0.1) is 21.5 Å². The lowest BCUT2D eigenvalue weighted by Gasteiger charge is -2.19. The Labute approximate surface area is 165 Å². The van der Waals surface area contributed by atoms with Crippen molar-refractivity contribution in [3.8, 4) is 0 Å². The summed E-state index contributed by atoms with van der Waals surface area (Å²) in [6.07, 6.45) is 0. The normalized spacial score (nSPS) is 11.8. The summed E-state index contributed by atoms with van der Waals surface area (Å²) in [5.41, 5.74) is 0.310. The first kappa shape index (κ1) is 20.4. The van der Waals surface area contributed by atoms with Gasteiger partial charge in [-0.3, -0.25) is 14.7 Å². The van der Waals surface area contributed by atoms with E-state index in [-0.39, 0.29) is 22.6 Å². The summed E-state index contributed by atoms with van der Waals surface area (Å²) in [5.74, 6) is -0.975. The minimum absolute atomic E-state index is 0.0376. The molecule has 0 fully saturated rings. The third-order valence-electron chi connectivity index (χ3n) is 4.43. The molecular formula is C20H19F2N3O4. The van der Waals surface area contributed by atoms with Crippen LogP contribution >= 0.6 is 0 Å². The van der Waals surface area contributed by atoms with Gasteiger partial charge in [-0.2, -0.15) is 8.78 Å². The number of aromatic nitrogens is 2. The van der Waals surface area contributed by atoms with Gasteiger partial charge in [0, 0.05) is 11.6 Å². The molecule has 0 saturated carbocycles. The third-order valence-corrected chi connectivity index (χ3v) is 4.43. The SMILES string of the molecule is CC(C)(C)c1ccc(C(=O)OCc2nc3ccccc3n2C(F)F)cc1[N+](=O)[O-]. The average Bonchev–Trinajstić information content (AvgIpc) is 3.03. The fraction of sp³-hybridized carbons (Fsp3) is 0.300. The number of benzene rings is 2. The number of hydrogen-bond acceptors (Lipinski definition) is 5. The molecule has 3 aromatic rings. The number of nitro benzene ring substituents is 1. The van der Waals surface area contributed by atoms with E-state index in [9.17, 15) is 23.7 Å². The lowest BCUT2D eigenvalue weighted by molar-refractivity contribution is -0.386. The first-order valence-electron chi connectivity index (χ1n) is 8.79. The van der Waals surface area contributed by atoms with Crippen LogP contribution in [0.4, 0.5) is 14.5 Å². The van der Waals surface area contributed by atoms with E-state index >= 15 is 0 Å². The van der Waals surface area contributed by atoms with E-state index in [1.165, 1.54) is 18.2 Å². The number of rotatable bonds is 5. The fourth-order valence-corrected chi connectivity index (χ4v) is 3.07. The number of imidazole rings is 1. The van der Waals surface area contributed by atoms with Gasteiger partial charge in [-0.15, -0.1) is 0 Å². The minimum atomic E-state index is -2.86. The number of halogens is 2. The summed E-state index contributed by atoms with van der Waals surface area (Å²) < 4.78 is 32.7.